The maximum Gasteiger partial charge on any atom is 0.511 e. The van der Waals surface area contributed by atoms with Gasteiger partial charge < -0.3 is 38.6 Å². The molecule has 1 spiro atoms. The molecule has 0 radical (unpaired) electrons. The Morgan fingerprint density at radius 3 is 2.19 bits per heavy atom. The van der Waals surface area contributed by atoms with Crippen molar-refractivity contribution in [1.82, 2.24) is 14.8 Å². The minimum atomic E-state index is -1.00. The first kappa shape index (κ1) is 45.4. The average Bonchev–Trinajstić information content (AvgIpc) is 3.60. The van der Waals surface area contributed by atoms with Crippen LogP contribution < -0.4 is 15.5 Å². The fourth-order valence-corrected chi connectivity index (χ4v) is 8.23. The van der Waals surface area contributed by atoms with Gasteiger partial charge in [-0.3, -0.25) is 14.4 Å². The lowest BCUT2D eigenvalue weighted by Crippen LogP contribution is -2.52. The minimum Gasteiger partial charge on any atom is -0.482 e. The zero-order valence-electron chi connectivity index (χ0n) is 35.0. The van der Waals surface area contributed by atoms with Crippen LogP contribution in [0.25, 0.3) is 0 Å². The van der Waals surface area contributed by atoms with E-state index in [0.29, 0.717) is 31.2 Å². The van der Waals surface area contributed by atoms with Gasteiger partial charge in [-0.15, -0.1) is 0 Å². The molecule has 0 aliphatic carbocycles. The van der Waals surface area contributed by atoms with Gasteiger partial charge in [0.1, 0.15) is 17.2 Å². The second-order valence-corrected chi connectivity index (χ2v) is 16.1. The number of aromatic nitrogens is 1. The number of halogens is 2. The van der Waals surface area contributed by atoms with Crippen LogP contribution in [0, 0.1) is 11.6 Å². The molecule has 0 saturated carbocycles. The van der Waals surface area contributed by atoms with Gasteiger partial charge in [-0.05, 0) is 32.3 Å². The second-order valence-electron chi connectivity index (χ2n) is 16.1. The molecule has 4 heterocycles. The number of nitrogens with one attached hydrogen (secondary N) is 1. The number of carbonyl (C=O) groups excluding carboxylic acids is 3. The number of carbonyl (C=O) groups is 3. The molecule has 59 heavy (non-hydrogen) atoms. The Morgan fingerprint density at radius 1 is 0.932 bits per heavy atom. The summed E-state index contributed by atoms with van der Waals surface area (Å²) in [6.45, 7) is 3.33. The van der Waals surface area contributed by atoms with E-state index in [1.165, 1.54) is 101 Å². The lowest BCUT2D eigenvalue weighted by molar-refractivity contribution is -0.0658. The van der Waals surface area contributed by atoms with Crippen molar-refractivity contribution in [2.75, 3.05) is 27.1 Å². The standard InChI is InChI=1S/C44H62F2N4O9/c1-4-5-6-7-8-9-10-11-12-13-14-15-16-17-18-19-24-56-43(54)58-30-57-40-38-42(53)49-29-36(44(23-22-31(49)2)26-37(55-3)48-59-44)50(38)28-34(39(40)51)41(52)47-27-32-20-21-33(45)25-35(32)46/h20-21,25,28,31,36H,4-19,22-24,26-27,29-30H2,1-3H3,(H,47,52)/t31-,36+,44-/m0/s1. The quantitative estimate of drug-likeness (QED) is 0.0658. The Bertz CT molecular complexity index is 1820. The zero-order chi connectivity index (χ0) is 42.2. The van der Waals surface area contributed by atoms with Crippen molar-refractivity contribution >= 4 is 23.9 Å². The van der Waals surface area contributed by atoms with Crippen LogP contribution in [0.3, 0.4) is 0 Å². The van der Waals surface area contributed by atoms with Crippen molar-refractivity contribution < 1.29 is 46.9 Å². The van der Waals surface area contributed by atoms with E-state index < -0.39 is 64.8 Å². The van der Waals surface area contributed by atoms with E-state index >= 15 is 0 Å². The van der Waals surface area contributed by atoms with E-state index in [1.54, 1.807) is 4.90 Å². The number of ether oxygens (including phenoxy) is 4. The van der Waals surface area contributed by atoms with Crippen molar-refractivity contribution in [1.29, 1.82) is 0 Å². The van der Waals surface area contributed by atoms with Gasteiger partial charge in [-0.1, -0.05) is 114 Å². The molecule has 3 atom stereocenters. The maximum atomic E-state index is 14.4. The summed E-state index contributed by atoms with van der Waals surface area (Å²) in [4.78, 5) is 61.9. The number of nitrogens with zero attached hydrogens (tertiary/aromatic N) is 3. The fourth-order valence-electron chi connectivity index (χ4n) is 8.23. The molecule has 15 heteroatoms. The number of fused-ring (bicyclic) bond motifs is 5. The smallest absolute Gasteiger partial charge is 0.482 e. The number of hydrogen-bond donors (Lipinski definition) is 1. The number of amides is 2. The number of oxime groups is 1. The molecular formula is C44H62F2N4O9. The molecule has 2 bridgehead atoms. The molecule has 13 nitrogen and oxygen atoms in total. The topological polar surface area (TPSA) is 147 Å². The minimum absolute atomic E-state index is 0.00749. The van der Waals surface area contributed by atoms with Crippen molar-refractivity contribution in [3.8, 4) is 5.75 Å². The summed E-state index contributed by atoms with van der Waals surface area (Å²) in [7, 11) is 1.48. The molecule has 2 aromatic rings. The highest BCUT2D eigenvalue weighted by Gasteiger charge is 2.55. The Labute approximate surface area is 346 Å². The van der Waals surface area contributed by atoms with Gasteiger partial charge in [-0.25, -0.2) is 13.6 Å². The van der Waals surface area contributed by atoms with E-state index in [-0.39, 0.29) is 43.4 Å². The van der Waals surface area contributed by atoms with Gasteiger partial charge in [0.25, 0.3) is 11.8 Å². The van der Waals surface area contributed by atoms with Gasteiger partial charge in [0.15, 0.2) is 11.3 Å². The van der Waals surface area contributed by atoms with E-state index in [4.69, 9.17) is 23.8 Å². The van der Waals surface area contributed by atoms with Crippen LogP contribution in [0.15, 0.2) is 34.3 Å². The Morgan fingerprint density at radius 2 is 1.58 bits per heavy atom. The second kappa shape index (κ2) is 22.6. The van der Waals surface area contributed by atoms with E-state index in [2.05, 4.69) is 17.4 Å². The molecule has 3 aliphatic heterocycles. The van der Waals surface area contributed by atoms with Crippen molar-refractivity contribution in [3.05, 3.63) is 63.1 Å². The SMILES string of the molecule is CCCCCCCCCCCCCCCCCCOC(=O)OCOc1c2n(cc(C(=O)NCc3ccc(F)cc3F)c1=O)[C@@H]1CN(C2=O)[C@@H](C)CC[C@]12CC(OC)=NO2. The van der Waals surface area contributed by atoms with E-state index in [0.717, 1.165) is 25.3 Å². The summed E-state index contributed by atoms with van der Waals surface area (Å²) in [6.07, 6.45) is 21.2. The predicted molar refractivity (Wildman–Crippen MR) is 217 cm³/mol. The predicted octanol–water partition coefficient (Wildman–Crippen LogP) is 9.11. The summed E-state index contributed by atoms with van der Waals surface area (Å²) >= 11 is 0. The molecule has 1 fully saturated rings. The highest BCUT2D eigenvalue weighted by molar-refractivity contribution is 5.99. The summed E-state index contributed by atoms with van der Waals surface area (Å²) in [5, 5.41) is 6.63. The van der Waals surface area contributed by atoms with Gasteiger partial charge in [0.05, 0.1) is 26.2 Å². The molecule has 1 aromatic carbocycles. The molecule has 3 aliphatic rings. The third kappa shape index (κ3) is 12.2. The van der Waals surface area contributed by atoms with Crippen LogP contribution in [-0.2, 0) is 25.6 Å². The largest absolute Gasteiger partial charge is 0.511 e. The lowest BCUT2D eigenvalue weighted by Gasteiger charge is -2.42. The van der Waals surface area contributed by atoms with Crippen molar-refractivity contribution in [2.24, 2.45) is 5.16 Å². The Kier molecular flexibility index (Phi) is 17.4. The first-order valence-electron chi connectivity index (χ1n) is 21.6. The van der Waals surface area contributed by atoms with Crippen molar-refractivity contribution in [3.63, 3.8) is 0 Å². The van der Waals surface area contributed by atoms with Crippen LogP contribution in [0.4, 0.5) is 13.6 Å². The van der Waals surface area contributed by atoms with Crippen molar-refractivity contribution in [2.45, 2.75) is 160 Å². The maximum absolute atomic E-state index is 14.4. The number of hydrogen-bond acceptors (Lipinski definition) is 10. The number of rotatable bonds is 23. The number of methoxy groups -OCH3 is 1. The first-order valence-corrected chi connectivity index (χ1v) is 21.6. The summed E-state index contributed by atoms with van der Waals surface area (Å²) in [5.41, 5.74) is -2.52. The van der Waals surface area contributed by atoms with E-state index in [1.807, 2.05) is 6.92 Å². The molecule has 1 aromatic heterocycles. The van der Waals surface area contributed by atoms with Gasteiger partial charge >= 0.3 is 6.16 Å². The van der Waals surface area contributed by atoms with Crippen LogP contribution in [0.1, 0.15) is 168 Å². The average molecular weight is 829 g/mol. The van der Waals surface area contributed by atoms with Crippen LogP contribution in [-0.4, -0.2) is 72.0 Å². The molecule has 1 N–H and O–H groups in total. The Hall–Kier alpha value is -4.69. The normalized spacial score (nSPS) is 19.4. The molecule has 5 rings (SSSR count). The summed E-state index contributed by atoms with van der Waals surface area (Å²) in [6, 6.07) is 2.03. The highest BCUT2D eigenvalue weighted by atomic mass is 19.1. The molecule has 2 amide bonds. The Balaban J connectivity index is 1.16. The molecule has 0 unspecified atom stereocenters. The lowest BCUT2D eigenvalue weighted by atomic mass is 9.85. The van der Waals surface area contributed by atoms with Crippen LogP contribution in [0.5, 0.6) is 5.75 Å². The van der Waals surface area contributed by atoms with Gasteiger partial charge in [0.2, 0.25) is 23.9 Å². The van der Waals surface area contributed by atoms with E-state index in [9.17, 15) is 28.0 Å². The van der Waals surface area contributed by atoms with Gasteiger partial charge in [-0.2, -0.15) is 0 Å². The first-order chi connectivity index (χ1) is 28.6. The monoisotopic (exact) mass is 828 g/mol. The third-order valence-corrected chi connectivity index (χ3v) is 11.8. The number of benzene rings is 1. The summed E-state index contributed by atoms with van der Waals surface area (Å²) < 4.78 is 50.9. The molecule has 326 valence electrons. The molecule has 1 saturated heterocycles. The summed E-state index contributed by atoms with van der Waals surface area (Å²) in [5.74, 6) is -3.22. The molecular weight excluding hydrogens is 766 g/mol. The van der Waals surface area contributed by atoms with Crippen LogP contribution in [0.2, 0.25) is 0 Å². The number of unbranched alkanes of at least 4 members (excludes halogenated alkanes) is 15. The highest BCUT2D eigenvalue weighted by Crippen LogP contribution is 2.46. The number of pyridine rings is 1. The fraction of sp³-hybridized carbons (Fsp3) is 0.659. The van der Waals surface area contributed by atoms with Gasteiger partial charge in [0, 0.05) is 37.0 Å². The third-order valence-electron chi connectivity index (χ3n) is 11.8. The zero-order valence-corrected chi connectivity index (χ0v) is 35.0. The van der Waals surface area contributed by atoms with Crippen LogP contribution >= 0.6 is 0 Å².